The molecular formula is C10H16N2S. The van der Waals surface area contributed by atoms with E-state index in [1.165, 1.54) is 12.1 Å². The largest absolute Gasteiger partial charge is 0.309 e. The van der Waals surface area contributed by atoms with Gasteiger partial charge in [0.2, 0.25) is 0 Å². The summed E-state index contributed by atoms with van der Waals surface area (Å²) in [7, 11) is 0. The van der Waals surface area contributed by atoms with Crippen molar-refractivity contribution in [1.29, 1.82) is 0 Å². The third kappa shape index (κ3) is 2.29. The van der Waals surface area contributed by atoms with Crippen LogP contribution in [0, 0.1) is 11.8 Å². The second kappa shape index (κ2) is 3.76. The van der Waals surface area contributed by atoms with Crippen LogP contribution >= 0.6 is 11.3 Å². The van der Waals surface area contributed by atoms with E-state index in [-0.39, 0.29) is 0 Å². The van der Waals surface area contributed by atoms with Gasteiger partial charge in [-0.15, -0.1) is 11.3 Å². The van der Waals surface area contributed by atoms with Crippen LogP contribution in [0.5, 0.6) is 0 Å². The lowest BCUT2D eigenvalue weighted by atomic mass is 10.2. The van der Waals surface area contributed by atoms with Gasteiger partial charge in [0.25, 0.3) is 0 Å². The number of nitrogens with zero attached hydrogens (tertiary/aromatic N) is 1. The SMILES string of the molecule is CC(NCC1CC1C)c1cscn1. The predicted octanol–water partition coefficient (Wildman–Crippen LogP) is 2.45. The molecule has 1 saturated carbocycles. The summed E-state index contributed by atoms with van der Waals surface area (Å²) >= 11 is 1.67. The zero-order valence-electron chi connectivity index (χ0n) is 8.16. The van der Waals surface area contributed by atoms with E-state index in [1.807, 2.05) is 5.51 Å². The van der Waals surface area contributed by atoms with E-state index in [0.717, 1.165) is 18.4 Å². The molecule has 0 bridgehead atoms. The van der Waals surface area contributed by atoms with Gasteiger partial charge < -0.3 is 5.32 Å². The maximum absolute atomic E-state index is 4.29. The standard InChI is InChI=1S/C10H16N2S/c1-7-3-9(7)4-11-8(2)10-5-13-6-12-10/h5-9,11H,3-4H2,1-2H3. The van der Waals surface area contributed by atoms with Crippen molar-refractivity contribution in [3.63, 3.8) is 0 Å². The molecule has 1 aromatic heterocycles. The van der Waals surface area contributed by atoms with E-state index in [2.05, 4.69) is 29.5 Å². The molecule has 0 spiro atoms. The summed E-state index contributed by atoms with van der Waals surface area (Å²) < 4.78 is 0. The Labute approximate surface area is 83.4 Å². The molecule has 0 aromatic carbocycles. The van der Waals surface area contributed by atoms with E-state index < -0.39 is 0 Å². The predicted molar refractivity (Wildman–Crippen MR) is 55.8 cm³/mol. The third-order valence-corrected chi connectivity index (χ3v) is 3.46. The Hall–Kier alpha value is -0.410. The molecule has 13 heavy (non-hydrogen) atoms. The zero-order valence-corrected chi connectivity index (χ0v) is 8.97. The fraction of sp³-hybridized carbons (Fsp3) is 0.700. The van der Waals surface area contributed by atoms with Crippen LogP contribution in [0.1, 0.15) is 32.0 Å². The molecule has 1 N–H and O–H groups in total. The lowest BCUT2D eigenvalue weighted by molar-refractivity contribution is 0.528. The Morgan fingerprint density at radius 3 is 3.08 bits per heavy atom. The highest BCUT2D eigenvalue weighted by molar-refractivity contribution is 7.07. The average molecular weight is 196 g/mol. The van der Waals surface area contributed by atoms with Crippen LogP contribution in [0.4, 0.5) is 0 Å². The fourth-order valence-electron chi connectivity index (χ4n) is 1.55. The lowest BCUT2D eigenvalue weighted by Crippen LogP contribution is -2.21. The molecule has 1 aliphatic carbocycles. The molecule has 3 heteroatoms. The quantitative estimate of drug-likeness (QED) is 0.800. The molecule has 0 aliphatic heterocycles. The Morgan fingerprint density at radius 1 is 1.77 bits per heavy atom. The Kier molecular flexibility index (Phi) is 2.65. The summed E-state index contributed by atoms with van der Waals surface area (Å²) in [6.45, 7) is 5.65. The molecule has 1 heterocycles. The number of hydrogen-bond donors (Lipinski definition) is 1. The summed E-state index contributed by atoms with van der Waals surface area (Å²) in [6, 6.07) is 0.416. The van der Waals surface area contributed by atoms with Crippen LogP contribution in [0.25, 0.3) is 0 Å². The van der Waals surface area contributed by atoms with E-state index in [4.69, 9.17) is 0 Å². The number of nitrogens with one attached hydrogen (secondary N) is 1. The normalized spacial score (nSPS) is 28.8. The van der Waals surface area contributed by atoms with Gasteiger partial charge in [-0.3, -0.25) is 0 Å². The molecule has 1 fully saturated rings. The summed E-state index contributed by atoms with van der Waals surface area (Å²) in [6.07, 6.45) is 1.40. The number of aromatic nitrogens is 1. The monoisotopic (exact) mass is 196 g/mol. The molecule has 1 aromatic rings. The van der Waals surface area contributed by atoms with Crippen molar-refractivity contribution >= 4 is 11.3 Å². The van der Waals surface area contributed by atoms with Gasteiger partial charge in [0.05, 0.1) is 11.2 Å². The molecular weight excluding hydrogens is 180 g/mol. The van der Waals surface area contributed by atoms with Crippen molar-refractivity contribution in [2.75, 3.05) is 6.54 Å². The van der Waals surface area contributed by atoms with Crippen molar-refractivity contribution in [2.45, 2.75) is 26.3 Å². The van der Waals surface area contributed by atoms with Crippen LogP contribution < -0.4 is 5.32 Å². The highest BCUT2D eigenvalue weighted by Gasteiger charge is 2.32. The Bertz CT molecular complexity index is 258. The number of rotatable bonds is 4. The van der Waals surface area contributed by atoms with Crippen LogP contribution in [0.3, 0.4) is 0 Å². The summed E-state index contributed by atoms with van der Waals surface area (Å²) in [5.74, 6) is 1.86. The van der Waals surface area contributed by atoms with Gasteiger partial charge >= 0.3 is 0 Å². The van der Waals surface area contributed by atoms with E-state index in [9.17, 15) is 0 Å². The van der Waals surface area contributed by atoms with Crippen molar-refractivity contribution in [3.05, 3.63) is 16.6 Å². The van der Waals surface area contributed by atoms with Crippen molar-refractivity contribution < 1.29 is 0 Å². The highest BCUT2D eigenvalue weighted by atomic mass is 32.1. The molecule has 3 unspecified atom stereocenters. The first-order valence-corrected chi connectivity index (χ1v) is 5.83. The van der Waals surface area contributed by atoms with Gasteiger partial charge in [0.15, 0.2) is 0 Å². The summed E-state index contributed by atoms with van der Waals surface area (Å²) in [5, 5.41) is 5.64. The first-order chi connectivity index (χ1) is 6.27. The van der Waals surface area contributed by atoms with Crippen molar-refractivity contribution in [1.82, 2.24) is 10.3 Å². The third-order valence-electron chi connectivity index (χ3n) is 2.86. The van der Waals surface area contributed by atoms with Crippen LogP contribution in [0.15, 0.2) is 10.9 Å². The van der Waals surface area contributed by atoms with Crippen LogP contribution in [0.2, 0.25) is 0 Å². The zero-order chi connectivity index (χ0) is 9.26. The van der Waals surface area contributed by atoms with Gasteiger partial charge in [-0.25, -0.2) is 4.98 Å². The first-order valence-electron chi connectivity index (χ1n) is 4.89. The van der Waals surface area contributed by atoms with Gasteiger partial charge in [-0.2, -0.15) is 0 Å². The van der Waals surface area contributed by atoms with Gasteiger partial charge in [0.1, 0.15) is 0 Å². The second-order valence-electron chi connectivity index (χ2n) is 4.02. The molecule has 72 valence electrons. The molecule has 3 atom stereocenters. The van der Waals surface area contributed by atoms with Crippen molar-refractivity contribution in [2.24, 2.45) is 11.8 Å². The number of hydrogen-bond acceptors (Lipinski definition) is 3. The molecule has 1 aliphatic rings. The summed E-state index contributed by atoms with van der Waals surface area (Å²) in [4.78, 5) is 4.29. The molecule has 0 radical (unpaired) electrons. The lowest BCUT2D eigenvalue weighted by Gasteiger charge is -2.10. The maximum atomic E-state index is 4.29. The van der Waals surface area contributed by atoms with Gasteiger partial charge in [0, 0.05) is 11.4 Å². The summed E-state index contributed by atoms with van der Waals surface area (Å²) in [5.41, 5.74) is 3.08. The minimum atomic E-state index is 0.416. The maximum Gasteiger partial charge on any atom is 0.0795 e. The van der Waals surface area contributed by atoms with Gasteiger partial charge in [-0.05, 0) is 31.7 Å². The van der Waals surface area contributed by atoms with Crippen LogP contribution in [-0.2, 0) is 0 Å². The molecule has 2 nitrogen and oxygen atoms in total. The van der Waals surface area contributed by atoms with Gasteiger partial charge in [-0.1, -0.05) is 6.92 Å². The molecule has 0 saturated heterocycles. The minimum absolute atomic E-state index is 0.416. The molecule has 0 amide bonds. The average Bonchev–Trinajstić information content (AvgIpc) is 2.67. The Balaban J connectivity index is 1.76. The molecule has 2 rings (SSSR count). The second-order valence-corrected chi connectivity index (χ2v) is 4.73. The van der Waals surface area contributed by atoms with E-state index in [1.54, 1.807) is 11.3 Å². The smallest absolute Gasteiger partial charge is 0.0795 e. The van der Waals surface area contributed by atoms with E-state index >= 15 is 0 Å². The first kappa shape index (κ1) is 9.16. The topological polar surface area (TPSA) is 24.9 Å². The fourth-order valence-corrected chi connectivity index (χ4v) is 2.20. The minimum Gasteiger partial charge on any atom is -0.309 e. The highest BCUT2D eigenvalue weighted by Crippen LogP contribution is 2.37. The number of thiazole rings is 1. The van der Waals surface area contributed by atoms with E-state index in [0.29, 0.717) is 6.04 Å². The van der Waals surface area contributed by atoms with Crippen LogP contribution in [-0.4, -0.2) is 11.5 Å². The van der Waals surface area contributed by atoms with Crippen molar-refractivity contribution in [3.8, 4) is 0 Å². The Morgan fingerprint density at radius 2 is 2.54 bits per heavy atom.